The molecule has 5 heteroatoms. The number of hydrogen-bond donors (Lipinski definition) is 1. The number of halogens is 1. The number of carbonyl (C=O) groups is 1. The Balaban J connectivity index is 2.15. The summed E-state index contributed by atoms with van der Waals surface area (Å²) in [6.07, 6.45) is 1.55. The Morgan fingerprint density at radius 1 is 1.22 bits per heavy atom. The molecule has 1 N–H and O–H groups in total. The molecule has 0 aliphatic heterocycles. The second kappa shape index (κ2) is 6.93. The van der Waals surface area contributed by atoms with E-state index in [1.165, 1.54) is 5.56 Å². The topological polar surface area (TPSA) is 65.8 Å². The Kier molecular flexibility index (Phi) is 5.17. The average molecular weight is 372 g/mol. The first-order valence-corrected chi connectivity index (χ1v) is 8.03. The zero-order chi connectivity index (χ0) is 17.0. The number of nitrogens with one attached hydrogen (secondary N) is 1. The average Bonchev–Trinajstić information content (AvgIpc) is 2.52. The summed E-state index contributed by atoms with van der Waals surface area (Å²) in [4.78, 5) is 16.2. The molecule has 23 heavy (non-hydrogen) atoms. The van der Waals surface area contributed by atoms with Gasteiger partial charge in [-0.3, -0.25) is 4.79 Å². The van der Waals surface area contributed by atoms with Gasteiger partial charge >= 0.3 is 0 Å². The maximum absolute atomic E-state index is 12.2. The van der Waals surface area contributed by atoms with E-state index in [0.717, 1.165) is 10.0 Å². The molecule has 2 aromatic rings. The van der Waals surface area contributed by atoms with Crippen LogP contribution in [0.2, 0.25) is 0 Å². The summed E-state index contributed by atoms with van der Waals surface area (Å²) in [6, 6.07) is 12.5. The fraction of sp³-hybridized carbons (Fsp3) is 0.278. The molecule has 0 spiro atoms. The van der Waals surface area contributed by atoms with Crippen LogP contribution >= 0.6 is 15.9 Å². The van der Waals surface area contributed by atoms with Gasteiger partial charge in [0.25, 0.3) is 5.91 Å². The lowest BCUT2D eigenvalue weighted by molar-refractivity contribution is 0.0940. The van der Waals surface area contributed by atoms with E-state index in [9.17, 15) is 10.1 Å². The molecule has 1 heterocycles. The normalized spacial score (nSPS) is 12.3. The standard InChI is InChI=1S/C18H18BrN3O/c1-18(2,3)13-6-4-12(5-7-13)16(10-20)22-17(23)15-9-8-14(19)11-21-15/h4-9,11,16H,1-3H3,(H,22,23). The minimum Gasteiger partial charge on any atom is -0.331 e. The van der Waals surface area contributed by atoms with Crippen molar-refractivity contribution in [2.75, 3.05) is 0 Å². The third-order valence-electron chi connectivity index (χ3n) is 3.47. The smallest absolute Gasteiger partial charge is 0.271 e. The van der Waals surface area contributed by atoms with Gasteiger partial charge in [0.05, 0.1) is 6.07 Å². The van der Waals surface area contributed by atoms with Crippen molar-refractivity contribution in [3.8, 4) is 6.07 Å². The van der Waals surface area contributed by atoms with E-state index in [1.807, 2.05) is 24.3 Å². The molecule has 1 unspecified atom stereocenters. The molecule has 0 fully saturated rings. The third kappa shape index (κ3) is 4.40. The molecule has 0 bridgehead atoms. The molecule has 2 rings (SSSR count). The predicted molar refractivity (Wildman–Crippen MR) is 92.9 cm³/mol. The molecule has 1 atom stereocenters. The summed E-state index contributed by atoms with van der Waals surface area (Å²) < 4.78 is 0.795. The van der Waals surface area contributed by atoms with Gasteiger partial charge in [0.15, 0.2) is 0 Å². The fourth-order valence-corrected chi connectivity index (χ4v) is 2.32. The van der Waals surface area contributed by atoms with Crippen molar-refractivity contribution in [2.24, 2.45) is 0 Å². The lowest BCUT2D eigenvalue weighted by Gasteiger charge is -2.20. The molecule has 0 aliphatic rings. The molecule has 4 nitrogen and oxygen atoms in total. The van der Waals surface area contributed by atoms with Crippen LogP contribution in [0.4, 0.5) is 0 Å². The van der Waals surface area contributed by atoms with E-state index in [0.29, 0.717) is 0 Å². The van der Waals surface area contributed by atoms with Crippen molar-refractivity contribution in [3.63, 3.8) is 0 Å². The predicted octanol–water partition coefficient (Wildman–Crippen LogP) is 4.14. The van der Waals surface area contributed by atoms with Gasteiger partial charge in [0, 0.05) is 10.7 Å². The molecular formula is C18H18BrN3O. The Morgan fingerprint density at radius 3 is 2.35 bits per heavy atom. The summed E-state index contributed by atoms with van der Waals surface area (Å²) in [5, 5.41) is 12.1. The summed E-state index contributed by atoms with van der Waals surface area (Å²) in [5.74, 6) is -0.371. The second-order valence-corrected chi connectivity index (χ2v) is 7.18. The van der Waals surface area contributed by atoms with E-state index in [4.69, 9.17) is 0 Å². The SMILES string of the molecule is CC(C)(C)c1ccc(C(C#N)NC(=O)c2ccc(Br)cn2)cc1. The lowest BCUT2D eigenvalue weighted by Crippen LogP contribution is -2.28. The highest BCUT2D eigenvalue weighted by atomic mass is 79.9. The van der Waals surface area contributed by atoms with Gasteiger partial charge in [-0.2, -0.15) is 5.26 Å². The molecule has 118 valence electrons. The van der Waals surface area contributed by atoms with Crippen LogP contribution in [-0.4, -0.2) is 10.9 Å². The van der Waals surface area contributed by atoms with Crippen LogP contribution in [0.5, 0.6) is 0 Å². The van der Waals surface area contributed by atoms with Gasteiger partial charge in [0.1, 0.15) is 11.7 Å². The van der Waals surface area contributed by atoms with Crippen LogP contribution in [0.15, 0.2) is 47.1 Å². The quantitative estimate of drug-likeness (QED) is 0.881. The molecular weight excluding hydrogens is 354 g/mol. The van der Waals surface area contributed by atoms with E-state index in [-0.39, 0.29) is 17.0 Å². The zero-order valence-corrected chi connectivity index (χ0v) is 14.9. The van der Waals surface area contributed by atoms with Gasteiger partial charge in [-0.1, -0.05) is 45.0 Å². The van der Waals surface area contributed by atoms with E-state index in [2.05, 4.69) is 53.1 Å². The van der Waals surface area contributed by atoms with Crippen LogP contribution < -0.4 is 5.32 Å². The Morgan fingerprint density at radius 2 is 1.87 bits per heavy atom. The van der Waals surface area contributed by atoms with Crippen LogP contribution in [0, 0.1) is 11.3 Å². The van der Waals surface area contributed by atoms with Crippen molar-refractivity contribution in [1.82, 2.24) is 10.3 Å². The molecule has 1 aromatic carbocycles. The van der Waals surface area contributed by atoms with Crippen LogP contribution in [0.3, 0.4) is 0 Å². The van der Waals surface area contributed by atoms with E-state index in [1.54, 1.807) is 18.3 Å². The Labute approximate surface area is 144 Å². The first-order chi connectivity index (χ1) is 10.8. The molecule has 0 radical (unpaired) electrons. The number of nitrogens with zero attached hydrogens (tertiary/aromatic N) is 2. The highest BCUT2D eigenvalue weighted by Crippen LogP contribution is 2.24. The zero-order valence-electron chi connectivity index (χ0n) is 13.3. The number of rotatable bonds is 3. The number of amides is 1. The summed E-state index contributed by atoms with van der Waals surface area (Å²) in [5.41, 5.74) is 2.26. The third-order valence-corrected chi connectivity index (χ3v) is 3.94. The van der Waals surface area contributed by atoms with Crippen molar-refractivity contribution in [1.29, 1.82) is 5.26 Å². The monoisotopic (exact) mass is 371 g/mol. The van der Waals surface area contributed by atoms with Crippen molar-refractivity contribution in [2.45, 2.75) is 32.2 Å². The summed E-state index contributed by atoms with van der Waals surface area (Å²) in [6.45, 7) is 6.39. The number of hydrogen-bond acceptors (Lipinski definition) is 3. The van der Waals surface area contributed by atoms with E-state index < -0.39 is 6.04 Å². The molecule has 1 amide bonds. The highest BCUT2D eigenvalue weighted by Gasteiger charge is 2.18. The van der Waals surface area contributed by atoms with Gasteiger partial charge in [0.2, 0.25) is 0 Å². The maximum Gasteiger partial charge on any atom is 0.271 e. The van der Waals surface area contributed by atoms with Crippen LogP contribution in [0.1, 0.15) is 48.4 Å². The first-order valence-electron chi connectivity index (χ1n) is 7.24. The number of benzene rings is 1. The molecule has 0 aliphatic carbocycles. The fourth-order valence-electron chi connectivity index (χ4n) is 2.08. The van der Waals surface area contributed by atoms with Crippen LogP contribution in [0.25, 0.3) is 0 Å². The van der Waals surface area contributed by atoms with Gasteiger partial charge in [-0.25, -0.2) is 4.98 Å². The van der Waals surface area contributed by atoms with Crippen molar-refractivity contribution in [3.05, 3.63) is 63.9 Å². The largest absolute Gasteiger partial charge is 0.331 e. The number of carbonyl (C=O) groups excluding carboxylic acids is 1. The molecule has 0 saturated heterocycles. The minimum atomic E-state index is -0.707. The number of aromatic nitrogens is 1. The minimum absolute atomic E-state index is 0.0469. The number of nitriles is 1. The second-order valence-electron chi connectivity index (χ2n) is 6.27. The lowest BCUT2D eigenvalue weighted by atomic mass is 9.86. The molecule has 0 saturated carbocycles. The van der Waals surface area contributed by atoms with Crippen LogP contribution in [-0.2, 0) is 5.41 Å². The first kappa shape index (κ1) is 17.2. The highest BCUT2D eigenvalue weighted by molar-refractivity contribution is 9.10. The Bertz CT molecular complexity index is 725. The van der Waals surface area contributed by atoms with Gasteiger partial charge < -0.3 is 5.32 Å². The Hall–Kier alpha value is -2.19. The van der Waals surface area contributed by atoms with Gasteiger partial charge in [-0.15, -0.1) is 0 Å². The van der Waals surface area contributed by atoms with Crippen molar-refractivity contribution >= 4 is 21.8 Å². The number of pyridine rings is 1. The van der Waals surface area contributed by atoms with Gasteiger partial charge in [-0.05, 0) is 44.6 Å². The van der Waals surface area contributed by atoms with Crippen molar-refractivity contribution < 1.29 is 4.79 Å². The van der Waals surface area contributed by atoms with E-state index >= 15 is 0 Å². The summed E-state index contributed by atoms with van der Waals surface area (Å²) >= 11 is 3.27. The molecule has 1 aromatic heterocycles. The maximum atomic E-state index is 12.2. The summed E-state index contributed by atoms with van der Waals surface area (Å²) in [7, 11) is 0.